The lowest BCUT2D eigenvalue weighted by atomic mass is 9.93. The van der Waals surface area contributed by atoms with Crippen LogP contribution in [-0.4, -0.2) is 58.3 Å². The first-order chi connectivity index (χ1) is 12.6. The monoisotopic (exact) mass is 363 g/mol. The summed E-state index contributed by atoms with van der Waals surface area (Å²) >= 11 is 0. The Morgan fingerprint density at radius 1 is 1.27 bits per heavy atom. The summed E-state index contributed by atoms with van der Waals surface area (Å²) in [6.45, 7) is 5.50. The molecule has 1 fully saturated rings. The fourth-order valence-electron chi connectivity index (χ4n) is 3.53. The van der Waals surface area contributed by atoms with Crippen LogP contribution in [-0.2, 0) is 4.79 Å². The molecule has 0 saturated carbocycles. The average Bonchev–Trinajstić information content (AvgIpc) is 2.66. The molecule has 1 unspecified atom stereocenters. The molecule has 6 heteroatoms. The molecule has 6 nitrogen and oxygen atoms in total. The van der Waals surface area contributed by atoms with Gasteiger partial charge in [0.15, 0.2) is 0 Å². The summed E-state index contributed by atoms with van der Waals surface area (Å²) in [6, 6.07) is 5.50. The maximum atomic E-state index is 12.5. The summed E-state index contributed by atoms with van der Waals surface area (Å²) in [4.78, 5) is 14.7. The van der Waals surface area contributed by atoms with Gasteiger partial charge in [0.2, 0.25) is 5.91 Å². The Hall–Kier alpha value is -1.79. The van der Waals surface area contributed by atoms with Crippen molar-refractivity contribution in [3.8, 4) is 11.5 Å². The summed E-state index contributed by atoms with van der Waals surface area (Å²) in [7, 11) is 5.27. The van der Waals surface area contributed by atoms with Crippen molar-refractivity contribution in [2.45, 2.75) is 32.2 Å². The van der Waals surface area contributed by atoms with E-state index in [1.54, 1.807) is 14.2 Å². The number of nitrogens with one attached hydrogen (secondary N) is 2. The van der Waals surface area contributed by atoms with Crippen molar-refractivity contribution in [2.75, 3.05) is 47.4 Å². The van der Waals surface area contributed by atoms with Crippen LogP contribution in [0.1, 0.15) is 37.8 Å². The molecule has 1 aromatic rings. The first kappa shape index (κ1) is 20.5. The molecule has 146 valence electrons. The summed E-state index contributed by atoms with van der Waals surface area (Å²) < 4.78 is 10.7. The Labute approximate surface area is 157 Å². The zero-order valence-electron chi connectivity index (χ0n) is 16.5. The number of ether oxygens (including phenoxy) is 2. The van der Waals surface area contributed by atoms with E-state index in [0.717, 1.165) is 42.6 Å². The Kier molecular flexibility index (Phi) is 8.19. The molecular weight excluding hydrogens is 330 g/mol. The van der Waals surface area contributed by atoms with E-state index in [4.69, 9.17) is 9.47 Å². The van der Waals surface area contributed by atoms with Crippen molar-refractivity contribution in [2.24, 2.45) is 5.92 Å². The SMILES string of the molecule is CNCCC1CCN(CC(=O)NC(C)c2cc(OC)ccc2OC)CC1. The Bertz CT molecular complexity index is 571. The second-order valence-electron chi connectivity index (χ2n) is 7.01. The van der Waals surface area contributed by atoms with Crippen LogP contribution < -0.4 is 20.1 Å². The molecule has 1 atom stereocenters. The molecule has 1 heterocycles. The summed E-state index contributed by atoms with van der Waals surface area (Å²) in [5.41, 5.74) is 0.922. The second-order valence-corrected chi connectivity index (χ2v) is 7.01. The van der Waals surface area contributed by atoms with E-state index in [0.29, 0.717) is 6.54 Å². The zero-order chi connectivity index (χ0) is 18.9. The molecule has 0 radical (unpaired) electrons. The molecule has 2 rings (SSSR count). The van der Waals surface area contributed by atoms with Gasteiger partial charge in [-0.25, -0.2) is 0 Å². The largest absolute Gasteiger partial charge is 0.497 e. The normalized spacial score (nSPS) is 16.9. The first-order valence-electron chi connectivity index (χ1n) is 9.45. The highest BCUT2D eigenvalue weighted by Gasteiger charge is 2.22. The summed E-state index contributed by atoms with van der Waals surface area (Å²) in [6.07, 6.45) is 3.58. The zero-order valence-corrected chi connectivity index (χ0v) is 16.5. The van der Waals surface area contributed by atoms with Gasteiger partial charge in [-0.05, 0) is 77.0 Å². The molecule has 0 aromatic heterocycles. The van der Waals surface area contributed by atoms with E-state index in [-0.39, 0.29) is 11.9 Å². The van der Waals surface area contributed by atoms with Gasteiger partial charge in [0, 0.05) is 5.56 Å². The predicted octanol–water partition coefficient (Wildman–Crippen LogP) is 2.20. The number of carbonyl (C=O) groups excluding carboxylic acids is 1. The highest BCUT2D eigenvalue weighted by atomic mass is 16.5. The third-order valence-electron chi connectivity index (χ3n) is 5.16. The molecular formula is C20H33N3O3. The number of hydrogen-bond donors (Lipinski definition) is 2. The molecule has 1 aliphatic rings. The number of methoxy groups -OCH3 is 2. The van der Waals surface area contributed by atoms with E-state index in [1.165, 1.54) is 19.3 Å². The van der Waals surface area contributed by atoms with E-state index in [1.807, 2.05) is 32.2 Å². The lowest BCUT2D eigenvalue weighted by molar-refractivity contribution is -0.123. The number of carbonyl (C=O) groups is 1. The number of amides is 1. The number of rotatable bonds is 9. The second kappa shape index (κ2) is 10.4. The maximum absolute atomic E-state index is 12.5. The van der Waals surface area contributed by atoms with Crippen LogP contribution in [0.5, 0.6) is 11.5 Å². The van der Waals surface area contributed by atoms with E-state index in [2.05, 4.69) is 15.5 Å². The maximum Gasteiger partial charge on any atom is 0.234 e. The lowest BCUT2D eigenvalue weighted by Crippen LogP contribution is -2.42. The van der Waals surface area contributed by atoms with Gasteiger partial charge in [0.05, 0.1) is 26.8 Å². The predicted molar refractivity (Wildman–Crippen MR) is 104 cm³/mol. The van der Waals surface area contributed by atoms with E-state index < -0.39 is 0 Å². The summed E-state index contributed by atoms with van der Waals surface area (Å²) in [5, 5.41) is 6.30. The number of piperidine rings is 1. The van der Waals surface area contributed by atoms with Gasteiger partial charge in [0.1, 0.15) is 11.5 Å². The quantitative estimate of drug-likeness (QED) is 0.704. The highest BCUT2D eigenvalue weighted by molar-refractivity contribution is 5.78. The summed E-state index contributed by atoms with van der Waals surface area (Å²) in [5.74, 6) is 2.34. The number of hydrogen-bond acceptors (Lipinski definition) is 5. The molecule has 0 aliphatic carbocycles. The van der Waals surface area contributed by atoms with Gasteiger partial charge >= 0.3 is 0 Å². The molecule has 1 aromatic carbocycles. The van der Waals surface area contributed by atoms with Crippen molar-refractivity contribution in [1.29, 1.82) is 0 Å². The number of likely N-dealkylation sites (tertiary alicyclic amines) is 1. The van der Waals surface area contributed by atoms with Gasteiger partial charge < -0.3 is 20.1 Å². The first-order valence-corrected chi connectivity index (χ1v) is 9.45. The fourth-order valence-corrected chi connectivity index (χ4v) is 3.53. The van der Waals surface area contributed by atoms with Crippen molar-refractivity contribution >= 4 is 5.91 Å². The molecule has 1 aliphatic heterocycles. The van der Waals surface area contributed by atoms with Crippen LogP contribution in [0, 0.1) is 5.92 Å². The molecule has 0 bridgehead atoms. The minimum Gasteiger partial charge on any atom is -0.497 e. The molecule has 2 N–H and O–H groups in total. The lowest BCUT2D eigenvalue weighted by Gasteiger charge is -2.31. The molecule has 1 amide bonds. The average molecular weight is 364 g/mol. The van der Waals surface area contributed by atoms with Gasteiger partial charge in [-0.2, -0.15) is 0 Å². The molecule has 26 heavy (non-hydrogen) atoms. The van der Waals surface area contributed by atoms with Crippen LogP contribution in [0.3, 0.4) is 0 Å². The van der Waals surface area contributed by atoms with Crippen molar-refractivity contribution in [3.05, 3.63) is 23.8 Å². The molecule has 0 spiro atoms. The Morgan fingerprint density at radius 3 is 2.62 bits per heavy atom. The Balaban J connectivity index is 1.84. The fraction of sp³-hybridized carbons (Fsp3) is 0.650. The van der Waals surface area contributed by atoms with Crippen LogP contribution in [0.4, 0.5) is 0 Å². The van der Waals surface area contributed by atoms with Crippen LogP contribution in [0.25, 0.3) is 0 Å². The topological polar surface area (TPSA) is 62.8 Å². The van der Waals surface area contributed by atoms with E-state index >= 15 is 0 Å². The van der Waals surface area contributed by atoms with Crippen LogP contribution in [0.2, 0.25) is 0 Å². The van der Waals surface area contributed by atoms with E-state index in [9.17, 15) is 4.79 Å². The van der Waals surface area contributed by atoms with Gasteiger partial charge in [-0.3, -0.25) is 9.69 Å². The van der Waals surface area contributed by atoms with Gasteiger partial charge in [-0.15, -0.1) is 0 Å². The minimum absolute atomic E-state index is 0.0519. The number of benzene rings is 1. The van der Waals surface area contributed by atoms with Crippen molar-refractivity contribution in [1.82, 2.24) is 15.5 Å². The third-order valence-corrected chi connectivity index (χ3v) is 5.16. The Morgan fingerprint density at radius 2 is 2.00 bits per heavy atom. The van der Waals surface area contributed by atoms with Gasteiger partial charge in [-0.1, -0.05) is 0 Å². The van der Waals surface area contributed by atoms with Crippen LogP contribution in [0.15, 0.2) is 18.2 Å². The minimum atomic E-state index is -0.138. The van der Waals surface area contributed by atoms with Crippen LogP contribution >= 0.6 is 0 Å². The van der Waals surface area contributed by atoms with Crippen molar-refractivity contribution < 1.29 is 14.3 Å². The third kappa shape index (κ3) is 5.88. The standard InChI is InChI=1S/C20H33N3O3/c1-15(18-13-17(25-3)5-6-19(18)26-4)22-20(24)14-23-11-8-16(9-12-23)7-10-21-2/h5-6,13,15-16,21H,7-12,14H2,1-4H3,(H,22,24). The molecule has 1 saturated heterocycles. The van der Waals surface area contributed by atoms with Crippen molar-refractivity contribution in [3.63, 3.8) is 0 Å². The van der Waals surface area contributed by atoms with Gasteiger partial charge in [0.25, 0.3) is 0 Å². The highest BCUT2D eigenvalue weighted by Crippen LogP contribution is 2.29. The smallest absolute Gasteiger partial charge is 0.234 e. The number of nitrogens with zero attached hydrogens (tertiary/aromatic N) is 1.